The van der Waals surface area contributed by atoms with Gasteiger partial charge in [0.05, 0.1) is 9.82 Å². The van der Waals surface area contributed by atoms with Gasteiger partial charge in [-0.15, -0.1) is 0 Å². The summed E-state index contributed by atoms with van der Waals surface area (Å²) in [5.74, 6) is -0.0774. The van der Waals surface area contributed by atoms with E-state index in [4.69, 9.17) is 5.14 Å². The minimum absolute atomic E-state index is 0.0774. The average molecular weight is 418 g/mol. The lowest BCUT2D eigenvalue weighted by molar-refractivity contribution is -0.384. The number of hydrogen-bond donors (Lipinski definition) is 1. The topological polar surface area (TPSA) is 127 Å². The molecule has 1 amide bonds. The van der Waals surface area contributed by atoms with Gasteiger partial charge in [-0.1, -0.05) is 19.1 Å². The molecule has 1 saturated heterocycles. The quantitative estimate of drug-likeness (QED) is 0.582. The Morgan fingerprint density at radius 2 is 1.72 bits per heavy atom. The summed E-state index contributed by atoms with van der Waals surface area (Å²) in [4.78, 5) is 26.7. The first-order valence-electron chi connectivity index (χ1n) is 9.15. The zero-order chi connectivity index (χ0) is 21.2. The summed E-state index contributed by atoms with van der Waals surface area (Å²) in [6.45, 7) is 3.65. The minimum atomic E-state index is -4.04. The van der Waals surface area contributed by atoms with E-state index in [2.05, 4.69) is 0 Å². The van der Waals surface area contributed by atoms with Gasteiger partial charge in [0.25, 0.3) is 11.6 Å². The third-order valence-electron chi connectivity index (χ3n) is 4.99. The van der Waals surface area contributed by atoms with Crippen LogP contribution in [0.5, 0.6) is 0 Å². The Bertz CT molecular complexity index is 1030. The molecule has 1 fully saturated rings. The second kappa shape index (κ2) is 8.18. The number of nitrogens with two attached hydrogens (primary N) is 1. The van der Waals surface area contributed by atoms with Crippen molar-refractivity contribution in [3.05, 3.63) is 63.7 Å². The van der Waals surface area contributed by atoms with Crippen molar-refractivity contribution in [2.45, 2.75) is 18.2 Å². The van der Waals surface area contributed by atoms with E-state index >= 15 is 0 Å². The van der Waals surface area contributed by atoms with Gasteiger partial charge in [0.1, 0.15) is 5.69 Å². The smallest absolute Gasteiger partial charge is 0.293 e. The monoisotopic (exact) mass is 418 g/mol. The van der Waals surface area contributed by atoms with E-state index in [1.807, 2.05) is 31.2 Å². The van der Waals surface area contributed by atoms with Gasteiger partial charge in [-0.25, -0.2) is 13.6 Å². The van der Waals surface area contributed by atoms with Crippen LogP contribution in [0.1, 0.15) is 22.8 Å². The first kappa shape index (κ1) is 20.7. The highest BCUT2D eigenvalue weighted by Crippen LogP contribution is 2.31. The summed E-state index contributed by atoms with van der Waals surface area (Å²) in [7, 11) is -4.04. The van der Waals surface area contributed by atoms with Crippen LogP contribution in [0.4, 0.5) is 11.4 Å². The fourth-order valence-corrected chi connectivity index (χ4v) is 3.84. The second-order valence-electron chi connectivity index (χ2n) is 6.78. The highest BCUT2D eigenvalue weighted by atomic mass is 32.2. The van der Waals surface area contributed by atoms with Crippen LogP contribution >= 0.6 is 0 Å². The van der Waals surface area contributed by atoms with Crippen molar-refractivity contribution >= 4 is 27.3 Å². The fraction of sp³-hybridized carbons (Fsp3) is 0.316. The van der Waals surface area contributed by atoms with Crippen LogP contribution in [0.25, 0.3) is 0 Å². The van der Waals surface area contributed by atoms with E-state index in [1.54, 1.807) is 9.80 Å². The van der Waals surface area contributed by atoms with E-state index in [0.29, 0.717) is 37.4 Å². The molecule has 9 nitrogen and oxygen atoms in total. The molecule has 2 N–H and O–H groups in total. The highest BCUT2D eigenvalue weighted by Gasteiger charge is 2.27. The first-order chi connectivity index (χ1) is 13.7. The Balaban J connectivity index is 1.74. The molecule has 10 heteroatoms. The number of hydrogen-bond acceptors (Lipinski definition) is 6. The van der Waals surface area contributed by atoms with E-state index in [0.717, 1.165) is 18.1 Å². The lowest BCUT2D eigenvalue weighted by atomic mass is 10.1. The van der Waals surface area contributed by atoms with Gasteiger partial charge in [0.2, 0.25) is 10.0 Å². The molecule has 0 aromatic heterocycles. The van der Waals surface area contributed by atoms with Crippen LogP contribution < -0.4 is 10.0 Å². The molecule has 29 heavy (non-hydrogen) atoms. The molecular formula is C19H22N4O5S. The largest absolute Gasteiger partial charge is 0.362 e. The van der Waals surface area contributed by atoms with Crippen LogP contribution in [0.15, 0.2) is 47.4 Å². The van der Waals surface area contributed by atoms with Crippen molar-refractivity contribution in [1.82, 2.24) is 4.90 Å². The Kier molecular flexibility index (Phi) is 5.85. The van der Waals surface area contributed by atoms with Gasteiger partial charge in [0, 0.05) is 37.8 Å². The molecule has 0 bridgehead atoms. The molecule has 3 rings (SSSR count). The molecule has 1 aliphatic heterocycles. The summed E-state index contributed by atoms with van der Waals surface area (Å²) in [6, 6.07) is 11.1. The molecule has 0 saturated carbocycles. The molecule has 0 unspecified atom stereocenters. The molecule has 2 aromatic carbocycles. The Hall–Kier alpha value is -2.98. The number of sulfonamides is 1. The summed E-state index contributed by atoms with van der Waals surface area (Å²) in [6.07, 6.45) is 0.899. The number of anilines is 1. The van der Waals surface area contributed by atoms with Crippen molar-refractivity contribution in [2.24, 2.45) is 5.14 Å². The Morgan fingerprint density at radius 3 is 2.24 bits per heavy atom. The number of aryl methyl sites for hydroxylation is 1. The molecule has 154 valence electrons. The zero-order valence-corrected chi connectivity index (χ0v) is 16.8. The van der Waals surface area contributed by atoms with Gasteiger partial charge in [0.15, 0.2) is 0 Å². The zero-order valence-electron chi connectivity index (χ0n) is 15.9. The number of carbonyl (C=O) groups excluding carboxylic acids is 1. The Morgan fingerprint density at radius 1 is 1.10 bits per heavy atom. The van der Waals surface area contributed by atoms with Gasteiger partial charge < -0.3 is 9.80 Å². The third-order valence-corrected chi connectivity index (χ3v) is 5.90. The maximum atomic E-state index is 12.7. The Labute approximate surface area is 168 Å². The fourth-order valence-electron chi connectivity index (χ4n) is 3.31. The van der Waals surface area contributed by atoms with Crippen LogP contribution in [-0.2, 0) is 16.4 Å². The standard InChI is InChI=1S/C19H22N4O5S/c1-2-14-3-5-15(6-4-14)19(24)22-11-9-21(10-12-22)17-8-7-16(29(20,27)28)13-18(17)23(25)26/h3-8,13H,2,9-12H2,1H3,(H2,20,27,28). The summed E-state index contributed by atoms with van der Waals surface area (Å²) < 4.78 is 23.0. The van der Waals surface area contributed by atoms with Crippen LogP contribution in [0.3, 0.4) is 0 Å². The highest BCUT2D eigenvalue weighted by molar-refractivity contribution is 7.89. The number of nitro groups is 1. The second-order valence-corrected chi connectivity index (χ2v) is 8.34. The van der Waals surface area contributed by atoms with Gasteiger partial charge in [-0.3, -0.25) is 14.9 Å². The van der Waals surface area contributed by atoms with Crippen LogP contribution in [0, 0.1) is 10.1 Å². The van der Waals surface area contributed by atoms with Crippen molar-refractivity contribution in [2.75, 3.05) is 31.1 Å². The first-order valence-corrected chi connectivity index (χ1v) is 10.7. The number of nitro benzene ring substituents is 1. The molecule has 0 radical (unpaired) electrons. The van der Waals surface area contributed by atoms with Crippen molar-refractivity contribution in [3.8, 4) is 0 Å². The summed E-state index contributed by atoms with van der Waals surface area (Å²) in [5, 5.41) is 16.5. The normalized spacial score (nSPS) is 14.7. The lowest BCUT2D eigenvalue weighted by Gasteiger charge is -2.36. The van der Waals surface area contributed by atoms with Crippen molar-refractivity contribution in [1.29, 1.82) is 0 Å². The van der Waals surface area contributed by atoms with Crippen LogP contribution in [0.2, 0.25) is 0 Å². The number of primary sulfonamides is 1. The van der Waals surface area contributed by atoms with E-state index in [9.17, 15) is 23.3 Å². The number of rotatable bonds is 5. The molecule has 0 atom stereocenters. The van der Waals surface area contributed by atoms with E-state index in [1.165, 1.54) is 12.1 Å². The molecule has 0 spiro atoms. The van der Waals surface area contributed by atoms with Gasteiger partial charge in [-0.05, 0) is 36.2 Å². The minimum Gasteiger partial charge on any atom is -0.362 e. The molecule has 1 aliphatic rings. The number of nitrogens with zero attached hydrogens (tertiary/aromatic N) is 3. The predicted molar refractivity (Wildman–Crippen MR) is 108 cm³/mol. The third kappa shape index (κ3) is 4.54. The van der Waals surface area contributed by atoms with Crippen LogP contribution in [-0.4, -0.2) is 50.3 Å². The number of amides is 1. The average Bonchev–Trinajstić information content (AvgIpc) is 2.72. The SMILES string of the molecule is CCc1ccc(C(=O)N2CCN(c3ccc(S(N)(=O)=O)cc3[N+](=O)[O-])CC2)cc1. The summed E-state index contributed by atoms with van der Waals surface area (Å²) in [5.41, 5.74) is 1.74. The molecule has 1 heterocycles. The van der Waals surface area contributed by atoms with E-state index in [-0.39, 0.29) is 16.5 Å². The predicted octanol–water partition coefficient (Wildman–Crippen LogP) is 1.77. The summed E-state index contributed by atoms with van der Waals surface area (Å²) >= 11 is 0. The van der Waals surface area contributed by atoms with Crippen molar-refractivity contribution < 1.29 is 18.1 Å². The maximum Gasteiger partial charge on any atom is 0.293 e. The molecular weight excluding hydrogens is 396 g/mol. The number of carbonyl (C=O) groups is 1. The number of benzene rings is 2. The lowest BCUT2D eigenvalue weighted by Crippen LogP contribution is -2.49. The molecule has 2 aromatic rings. The number of piperazine rings is 1. The van der Waals surface area contributed by atoms with Gasteiger partial charge >= 0.3 is 0 Å². The van der Waals surface area contributed by atoms with Crippen molar-refractivity contribution in [3.63, 3.8) is 0 Å². The maximum absolute atomic E-state index is 12.7. The van der Waals surface area contributed by atoms with E-state index < -0.39 is 14.9 Å². The molecule has 0 aliphatic carbocycles. The van der Waals surface area contributed by atoms with Gasteiger partial charge in [-0.2, -0.15) is 0 Å².